The second kappa shape index (κ2) is 2.98. The third-order valence-electron chi connectivity index (χ3n) is 2.51. The topological polar surface area (TPSA) is 30.2 Å². The first kappa shape index (κ1) is 9.00. The molecule has 0 saturated carbocycles. The molecule has 2 heteroatoms. The van der Waals surface area contributed by atoms with Crippen LogP contribution >= 0.6 is 0 Å². The molecule has 0 atom stereocenters. The molecule has 1 aromatic heterocycles. The van der Waals surface area contributed by atoms with Crippen molar-refractivity contribution in [1.82, 2.24) is 0 Å². The number of benzene rings is 1. The Bertz CT molecular complexity index is 550. The molecule has 2 nitrogen and oxygen atoms in total. The van der Waals surface area contributed by atoms with Gasteiger partial charge in [0, 0.05) is 5.56 Å². The van der Waals surface area contributed by atoms with Gasteiger partial charge in [-0.3, -0.25) is 4.79 Å². The van der Waals surface area contributed by atoms with E-state index in [0.717, 1.165) is 5.56 Å². The lowest BCUT2D eigenvalue weighted by Crippen LogP contribution is -2.07. The Morgan fingerprint density at radius 2 is 1.86 bits per heavy atom. The van der Waals surface area contributed by atoms with Crippen molar-refractivity contribution in [3.63, 3.8) is 0 Å². The van der Waals surface area contributed by atoms with E-state index in [1.807, 2.05) is 32.0 Å². The first-order valence-electron chi connectivity index (χ1n) is 4.60. The highest BCUT2D eigenvalue weighted by molar-refractivity contribution is 5.77. The average molecular weight is 188 g/mol. The van der Waals surface area contributed by atoms with E-state index in [1.54, 1.807) is 6.92 Å². The molecule has 0 N–H and O–H groups in total. The van der Waals surface area contributed by atoms with Gasteiger partial charge in [-0.05, 0) is 32.9 Å². The fourth-order valence-corrected chi connectivity index (χ4v) is 1.51. The fourth-order valence-electron chi connectivity index (χ4n) is 1.51. The van der Waals surface area contributed by atoms with E-state index in [9.17, 15) is 4.79 Å². The number of aryl methyl sites for hydroxylation is 2. The summed E-state index contributed by atoms with van der Waals surface area (Å²) in [4.78, 5) is 11.8. The summed E-state index contributed by atoms with van der Waals surface area (Å²) in [5, 5.41) is 0.674. The van der Waals surface area contributed by atoms with Crippen LogP contribution in [0.5, 0.6) is 0 Å². The van der Waals surface area contributed by atoms with Crippen molar-refractivity contribution in [1.29, 1.82) is 0 Å². The van der Waals surface area contributed by atoms with Crippen molar-refractivity contribution in [3.05, 3.63) is 45.3 Å². The van der Waals surface area contributed by atoms with Gasteiger partial charge in [-0.15, -0.1) is 0 Å². The van der Waals surface area contributed by atoms with Crippen molar-refractivity contribution in [2.24, 2.45) is 0 Å². The zero-order chi connectivity index (χ0) is 10.3. The molecule has 14 heavy (non-hydrogen) atoms. The Morgan fingerprint density at radius 1 is 1.14 bits per heavy atom. The monoisotopic (exact) mass is 188 g/mol. The van der Waals surface area contributed by atoms with E-state index in [4.69, 9.17) is 4.42 Å². The maximum atomic E-state index is 11.8. The summed E-state index contributed by atoms with van der Waals surface area (Å²) in [7, 11) is 0. The molecule has 0 aliphatic heterocycles. The van der Waals surface area contributed by atoms with Crippen LogP contribution in [0.4, 0.5) is 0 Å². The van der Waals surface area contributed by atoms with Crippen LogP contribution in [-0.2, 0) is 0 Å². The second-order valence-electron chi connectivity index (χ2n) is 3.61. The Morgan fingerprint density at radius 3 is 2.57 bits per heavy atom. The first-order chi connectivity index (χ1) is 6.59. The van der Waals surface area contributed by atoms with E-state index in [-0.39, 0.29) is 5.43 Å². The lowest BCUT2D eigenvalue weighted by molar-refractivity contribution is 0.558. The lowest BCUT2D eigenvalue weighted by atomic mass is 10.1. The summed E-state index contributed by atoms with van der Waals surface area (Å²) in [6.07, 6.45) is 0. The highest BCUT2D eigenvalue weighted by atomic mass is 16.3. The van der Waals surface area contributed by atoms with Gasteiger partial charge in [0.05, 0.1) is 5.39 Å². The van der Waals surface area contributed by atoms with Crippen LogP contribution in [0, 0.1) is 20.8 Å². The van der Waals surface area contributed by atoms with Crippen molar-refractivity contribution >= 4 is 11.0 Å². The maximum absolute atomic E-state index is 11.8. The van der Waals surface area contributed by atoms with Crippen LogP contribution in [0.15, 0.2) is 27.4 Å². The molecule has 0 aliphatic carbocycles. The molecule has 0 saturated heterocycles. The van der Waals surface area contributed by atoms with Gasteiger partial charge in [0.1, 0.15) is 11.3 Å². The third kappa shape index (κ3) is 1.23. The molecule has 0 amide bonds. The SMILES string of the molecule is Cc1ccc2oc(C)c(C)c(=O)c2c1. The zero-order valence-corrected chi connectivity index (χ0v) is 8.55. The number of rotatable bonds is 0. The predicted octanol–water partition coefficient (Wildman–Crippen LogP) is 2.72. The van der Waals surface area contributed by atoms with Gasteiger partial charge in [-0.2, -0.15) is 0 Å². The van der Waals surface area contributed by atoms with Crippen molar-refractivity contribution in [2.45, 2.75) is 20.8 Å². The van der Waals surface area contributed by atoms with E-state index in [2.05, 4.69) is 0 Å². The van der Waals surface area contributed by atoms with Crippen molar-refractivity contribution in [3.8, 4) is 0 Å². The molecule has 0 bridgehead atoms. The van der Waals surface area contributed by atoms with Crippen LogP contribution in [0.2, 0.25) is 0 Å². The van der Waals surface area contributed by atoms with Crippen LogP contribution in [0.3, 0.4) is 0 Å². The Hall–Kier alpha value is -1.57. The summed E-state index contributed by atoms with van der Waals surface area (Å²) < 4.78 is 5.53. The summed E-state index contributed by atoms with van der Waals surface area (Å²) in [5.41, 5.74) is 2.52. The first-order valence-corrected chi connectivity index (χ1v) is 4.60. The van der Waals surface area contributed by atoms with Gasteiger partial charge < -0.3 is 4.42 Å². The van der Waals surface area contributed by atoms with Gasteiger partial charge in [-0.25, -0.2) is 0 Å². The van der Waals surface area contributed by atoms with Gasteiger partial charge in [0.25, 0.3) is 0 Å². The molecular formula is C12H12O2. The van der Waals surface area contributed by atoms with Crippen LogP contribution in [0.25, 0.3) is 11.0 Å². The molecule has 2 aromatic rings. The summed E-state index contributed by atoms with van der Waals surface area (Å²) in [6, 6.07) is 5.66. The minimum Gasteiger partial charge on any atom is -0.461 e. The lowest BCUT2D eigenvalue weighted by Gasteiger charge is -2.02. The quantitative estimate of drug-likeness (QED) is 0.636. The molecule has 1 aromatic carbocycles. The normalized spacial score (nSPS) is 10.8. The van der Waals surface area contributed by atoms with E-state index < -0.39 is 0 Å². The van der Waals surface area contributed by atoms with E-state index in [0.29, 0.717) is 22.3 Å². The van der Waals surface area contributed by atoms with Crippen molar-refractivity contribution < 1.29 is 4.42 Å². The highest BCUT2D eigenvalue weighted by Crippen LogP contribution is 2.15. The Kier molecular flexibility index (Phi) is 1.92. The molecule has 0 unspecified atom stereocenters. The summed E-state index contributed by atoms with van der Waals surface area (Å²) in [6.45, 7) is 5.58. The minimum atomic E-state index is 0.0763. The molecule has 0 radical (unpaired) electrons. The molecule has 0 aliphatic rings. The largest absolute Gasteiger partial charge is 0.461 e. The molecule has 72 valence electrons. The minimum absolute atomic E-state index is 0.0763. The maximum Gasteiger partial charge on any atom is 0.195 e. The van der Waals surface area contributed by atoms with Crippen LogP contribution in [-0.4, -0.2) is 0 Å². The number of hydrogen-bond donors (Lipinski definition) is 0. The van der Waals surface area contributed by atoms with Crippen molar-refractivity contribution in [2.75, 3.05) is 0 Å². The van der Waals surface area contributed by atoms with E-state index >= 15 is 0 Å². The summed E-state index contributed by atoms with van der Waals surface area (Å²) in [5.74, 6) is 0.700. The molecule has 1 heterocycles. The number of fused-ring (bicyclic) bond motifs is 1. The van der Waals surface area contributed by atoms with Gasteiger partial charge in [-0.1, -0.05) is 11.6 Å². The predicted molar refractivity (Wildman–Crippen MR) is 56.7 cm³/mol. The van der Waals surface area contributed by atoms with Gasteiger partial charge in [0.2, 0.25) is 0 Å². The molecule has 2 rings (SSSR count). The molecular weight excluding hydrogens is 176 g/mol. The molecule has 0 fully saturated rings. The third-order valence-corrected chi connectivity index (χ3v) is 2.51. The summed E-state index contributed by atoms with van der Waals surface area (Å²) >= 11 is 0. The van der Waals surface area contributed by atoms with Gasteiger partial charge in [0.15, 0.2) is 5.43 Å². The van der Waals surface area contributed by atoms with E-state index in [1.165, 1.54) is 0 Å². The standard InChI is InChI=1S/C12H12O2/c1-7-4-5-11-10(6-7)12(13)8(2)9(3)14-11/h4-6H,1-3H3. The number of hydrogen-bond acceptors (Lipinski definition) is 2. The molecule has 0 spiro atoms. The van der Waals surface area contributed by atoms with Crippen LogP contribution < -0.4 is 5.43 Å². The smallest absolute Gasteiger partial charge is 0.195 e. The Balaban J connectivity index is 2.99. The van der Waals surface area contributed by atoms with Crippen LogP contribution in [0.1, 0.15) is 16.9 Å². The zero-order valence-electron chi connectivity index (χ0n) is 8.55. The highest BCUT2D eigenvalue weighted by Gasteiger charge is 2.06. The average Bonchev–Trinajstić information content (AvgIpc) is 2.16. The fraction of sp³-hybridized carbons (Fsp3) is 0.250. The van der Waals surface area contributed by atoms with Gasteiger partial charge >= 0.3 is 0 Å². The Labute approximate surface area is 82.2 Å². The second-order valence-corrected chi connectivity index (χ2v) is 3.61.